The van der Waals surface area contributed by atoms with Crippen molar-refractivity contribution in [2.75, 3.05) is 5.32 Å². The largest absolute Gasteiger partial charge is 0.355 e. The molecule has 0 aliphatic heterocycles. The van der Waals surface area contributed by atoms with Crippen LogP contribution in [0.1, 0.15) is 0 Å². The Balaban J connectivity index is 1.05. The van der Waals surface area contributed by atoms with Crippen LogP contribution in [0.25, 0.3) is 81.0 Å². The summed E-state index contributed by atoms with van der Waals surface area (Å²) in [7, 11) is 0. The number of fused-ring (bicyclic) bond motifs is 6. The zero-order valence-electron chi connectivity index (χ0n) is 27.8. The molecule has 0 aliphatic carbocycles. The summed E-state index contributed by atoms with van der Waals surface area (Å²) in [5, 5.41) is 8.80. The van der Waals surface area contributed by atoms with Crippen LogP contribution >= 0.6 is 11.3 Å². The van der Waals surface area contributed by atoms with Gasteiger partial charge in [-0.1, -0.05) is 115 Å². The zero-order chi connectivity index (χ0) is 33.7. The highest BCUT2D eigenvalue weighted by Gasteiger charge is 2.15. The Morgan fingerprint density at radius 3 is 1.80 bits per heavy atom. The predicted molar refractivity (Wildman–Crippen MR) is 220 cm³/mol. The van der Waals surface area contributed by atoms with Gasteiger partial charge in [-0.25, -0.2) is 0 Å². The molecule has 10 aromatic rings. The highest BCUT2D eigenvalue weighted by atomic mass is 32.1. The van der Waals surface area contributed by atoms with E-state index in [0.29, 0.717) is 0 Å². The normalized spacial score (nSPS) is 11.5. The second-order valence-corrected chi connectivity index (χ2v) is 14.1. The maximum absolute atomic E-state index is 3.65. The van der Waals surface area contributed by atoms with Crippen LogP contribution in [0.5, 0.6) is 0 Å². The molecular formula is C48H32N2S. The van der Waals surface area contributed by atoms with Gasteiger partial charge in [-0.2, -0.15) is 0 Å². The third kappa shape index (κ3) is 5.18. The average Bonchev–Trinajstić information content (AvgIpc) is 3.74. The van der Waals surface area contributed by atoms with Crippen LogP contribution in [0.4, 0.5) is 11.4 Å². The second kappa shape index (κ2) is 12.2. The quantitative estimate of drug-likeness (QED) is 0.187. The highest BCUT2D eigenvalue weighted by Crippen LogP contribution is 2.40. The summed E-state index contributed by atoms with van der Waals surface area (Å²) in [5.41, 5.74) is 12.9. The first-order valence-electron chi connectivity index (χ1n) is 17.3. The third-order valence-corrected chi connectivity index (χ3v) is 11.2. The second-order valence-electron chi connectivity index (χ2n) is 13.1. The van der Waals surface area contributed by atoms with Crippen molar-refractivity contribution in [3.8, 4) is 39.1 Å². The summed E-state index contributed by atoms with van der Waals surface area (Å²) >= 11 is 1.86. The standard InChI is InChI=1S/C48H32N2S/c1-3-11-33(12-4-1)41-29-35(21-26-44(41)49-37-13-5-2-6-14-37)36-22-27-46-42(30-36)39-15-7-9-17-45(39)50(46)38-24-19-32(20-25-38)34-23-28-48-43(31-34)40-16-8-10-18-47(40)51-48/h1-31,49H. The van der Waals surface area contributed by atoms with Gasteiger partial charge in [0.1, 0.15) is 0 Å². The molecule has 1 N–H and O–H groups in total. The minimum atomic E-state index is 1.07. The molecule has 0 bridgehead atoms. The van der Waals surface area contributed by atoms with E-state index in [1.54, 1.807) is 0 Å². The number of thiophene rings is 1. The number of nitrogens with zero attached hydrogens (tertiary/aromatic N) is 1. The molecular weight excluding hydrogens is 637 g/mol. The van der Waals surface area contributed by atoms with Crippen LogP contribution < -0.4 is 5.32 Å². The molecule has 2 heterocycles. The van der Waals surface area contributed by atoms with E-state index in [4.69, 9.17) is 0 Å². The molecule has 0 spiro atoms. The van der Waals surface area contributed by atoms with Crippen LogP contribution in [0, 0.1) is 0 Å². The Bertz CT molecular complexity index is 2860. The van der Waals surface area contributed by atoms with Gasteiger partial charge in [0.2, 0.25) is 0 Å². The van der Waals surface area contributed by atoms with Crippen molar-refractivity contribution >= 4 is 64.7 Å². The lowest BCUT2D eigenvalue weighted by atomic mass is 9.96. The van der Waals surface area contributed by atoms with E-state index in [1.807, 2.05) is 17.4 Å². The smallest absolute Gasteiger partial charge is 0.0541 e. The van der Waals surface area contributed by atoms with E-state index in [1.165, 1.54) is 75.4 Å². The van der Waals surface area contributed by atoms with E-state index < -0.39 is 0 Å². The first-order chi connectivity index (χ1) is 25.3. The number of anilines is 2. The van der Waals surface area contributed by atoms with E-state index in [9.17, 15) is 0 Å². The van der Waals surface area contributed by atoms with Gasteiger partial charge >= 0.3 is 0 Å². The van der Waals surface area contributed by atoms with Crippen LogP contribution in [0.15, 0.2) is 188 Å². The molecule has 0 fully saturated rings. The van der Waals surface area contributed by atoms with E-state index in [-0.39, 0.29) is 0 Å². The molecule has 3 heteroatoms. The SMILES string of the molecule is c1ccc(Nc2ccc(-c3ccc4c(c3)c3ccccc3n4-c3ccc(-c4ccc5sc6ccccc6c5c4)cc3)cc2-c2ccccc2)cc1. The van der Waals surface area contributed by atoms with Crippen molar-refractivity contribution in [1.29, 1.82) is 0 Å². The minimum Gasteiger partial charge on any atom is -0.355 e. The van der Waals surface area contributed by atoms with Crippen LogP contribution in [-0.2, 0) is 0 Å². The molecule has 0 saturated carbocycles. The lowest BCUT2D eigenvalue weighted by Gasteiger charge is -2.15. The Hall–Kier alpha value is -6.42. The van der Waals surface area contributed by atoms with Gasteiger partial charge in [0.15, 0.2) is 0 Å². The van der Waals surface area contributed by atoms with Crippen molar-refractivity contribution in [3.63, 3.8) is 0 Å². The zero-order valence-corrected chi connectivity index (χ0v) is 28.6. The number of hydrogen-bond donors (Lipinski definition) is 1. The van der Waals surface area contributed by atoms with Crippen LogP contribution in [0.2, 0.25) is 0 Å². The Labute approximate surface area is 300 Å². The summed E-state index contributed by atoms with van der Waals surface area (Å²) in [6, 6.07) is 68.0. The summed E-state index contributed by atoms with van der Waals surface area (Å²) in [5.74, 6) is 0. The van der Waals surface area contributed by atoms with Gasteiger partial charge in [0.25, 0.3) is 0 Å². The number of nitrogens with one attached hydrogen (secondary N) is 1. The molecule has 240 valence electrons. The lowest BCUT2D eigenvalue weighted by molar-refractivity contribution is 1.18. The summed E-state index contributed by atoms with van der Waals surface area (Å²) in [4.78, 5) is 0. The number of hydrogen-bond acceptors (Lipinski definition) is 2. The van der Waals surface area contributed by atoms with Gasteiger partial charge in [-0.05, 0) is 101 Å². The van der Waals surface area contributed by atoms with Crippen LogP contribution in [0.3, 0.4) is 0 Å². The molecule has 2 aromatic heterocycles. The van der Waals surface area contributed by atoms with Gasteiger partial charge in [-0.3, -0.25) is 0 Å². The average molecular weight is 669 g/mol. The van der Waals surface area contributed by atoms with E-state index in [2.05, 4.69) is 192 Å². The molecule has 51 heavy (non-hydrogen) atoms. The van der Waals surface area contributed by atoms with Crippen molar-refractivity contribution in [2.24, 2.45) is 0 Å². The molecule has 0 saturated heterocycles. The van der Waals surface area contributed by atoms with Gasteiger partial charge < -0.3 is 9.88 Å². The number of rotatable bonds is 6. The summed E-state index contributed by atoms with van der Waals surface area (Å²) in [6.07, 6.45) is 0. The molecule has 0 atom stereocenters. The van der Waals surface area contributed by atoms with E-state index >= 15 is 0 Å². The maximum atomic E-state index is 3.65. The first kappa shape index (κ1) is 29.5. The van der Waals surface area contributed by atoms with Gasteiger partial charge in [0.05, 0.1) is 11.0 Å². The van der Waals surface area contributed by atoms with Crippen molar-refractivity contribution < 1.29 is 0 Å². The van der Waals surface area contributed by atoms with Crippen molar-refractivity contribution in [1.82, 2.24) is 4.57 Å². The fourth-order valence-electron chi connectivity index (χ4n) is 7.51. The molecule has 0 radical (unpaired) electrons. The fraction of sp³-hybridized carbons (Fsp3) is 0. The molecule has 8 aromatic carbocycles. The van der Waals surface area contributed by atoms with Crippen LogP contribution in [-0.4, -0.2) is 4.57 Å². The van der Waals surface area contributed by atoms with Crippen molar-refractivity contribution in [2.45, 2.75) is 0 Å². The minimum absolute atomic E-state index is 1.07. The number of aromatic nitrogens is 1. The summed E-state index contributed by atoms with van der Waals surface area (Å²) in [6.45, 7) is 0. The third-order valence-electron chi connectivity index (χ3n) is 10.00. The molecule has 0 unspecified atom stereocenters. The molecule has 0 amide bonds. The lowest BCUT2D eigenvalue weighted by Crippen LogP contribution is -1.94. The molecule has 2 nitrogen and oxygen atoms in total. The molecule has 10 rings (SSSR count). The fourth-order valence-corrected chi connectivity index (χ4v) is 8.59. The number of para-hydroxylation sites is 2. The Kier molecular flexibility index (Phi) is 7.04. The summed E-state index contributed by atoms with van der Waals surface area (Å²) < 4.78 is 5.07. The topological polar surface area (TPSA) is 17.0 Å². The van der Waals surface area contributed by atoms with Crippen molar-refractivity contribution in [3.05, 3.63) is 188 Å². The Morgan fingerprint density at radius 1 is 0.373 bits per heavy atom. The maximum Gasteiger partial charge on any atom is 0.0541 e. The monoisotopic (exact) mass is 668 g/mol. The Morgan fingerprint density at radius 2 is 0.961 bits per heavy atom. The first-order valence-corrected chi connectivity index (χ1v) is 18.2. The highest BCUT2D eigenvalue weighted by molar-refractivity contribution is 7.25. The molecule has 0 aliphatic rings. The van der Waals surface area contributed by atoms with E-state index in [0.717, 1.165) is 17.1 Å². The predicted octanol–water partition coefficient (Wildman–Crippen LogP) is 13.9. The number of benzene rings is 8. The van der Waals surface area contributed by atoms with Gasteiger partial charge in [0, 0.05) is 53.6 Å². The van der Waals surface area contributed by atoms with Gasteiger partial charge in [-0.15, -0.1) is 11.3 Å².